The third-order valence-electron chi connectivity index (χ3n) is 9.70. The molecule has 0 atom stereocenters. The third kappa shape index (κ3) is 13.7. The number of nitriles is 1. The average Bonchev–Trinajstić information content (AvgIpc) is 3.81. The summed E-state index contributed by atoms with van der Waals surface area (Å²) in [5, 5.41) is 17.3. The lowest BCUT2D eigenvalue weighted by molar-refractivity contribution is 0.111. The molecule has 0 unspecified atom stereocenters. The van der Waals surface area contributed by atoms with Crippen LogP contribution in [0.3, 0.4) is 0 Å². The van der Waals surface area contributed by atoms with Crippen LogP contribution in [0.15, 0.2) is 217 Å². The summed E-state index contributed by atoms with van der Waals surface area (Å²) in [5.41, 5.74) is 10.1. The number of aromatic hydroxyl groups is 1. The second-order valence-electron chi connectivity index (χ2n) is 14.3. The van der Waals surface area contributed by atoms with Gasteiger partial charge in [0.25, 0.3) is 0 Å². The number of para-hydroxylation sites is 4. The van der Waals surface area contributed by atoms with Gasteiger partial charge in [-0.3, -0.25) is 9.59 Å². The molecule has 1 heterocycles. The van der Waals surface area contributed by atoms with Crippen molar-refractivity contribution in [1.29, 1.82) is 5.26 Å². The quantitative estimate of drug-likeness (QED) is 0.0920. The number of halogens is 1. The molecule has 0 bridgehead atoms. The van der Waals surface area contributed by atoms with Crippen LogP contribution in [0.25, 0.3) is 11.0 Å². The zero-order chi connectivity index (χ0) is 47.9. The number of phenols is 1. The van der Waals surface area contributed by atoms with E-state index in [1.807, 2.05) is 132 Å². The maximum atomic E-state index is 11.0. The predicted octanol–water partition coefficient (Wildman–Crippen LogP) is 14.6. The van der Waals surface area contributed by atoms with Crippen molar-refractivity contribution >= 4 is 80.3 Å². The number of nitrogens with zero attached hydrogens (tertiary/aromatic N) is 3. The molecule has 0 aliphatic carbocycles. The molecule has 0 spiro atoms. The summed E-state index contributed by atoms with van der Waals surface area (Å²) in [6.45, 7) is 1.43. The normalized spacial score (nSPS) is 9.53. The van der Waals surface area contributed by atoms with Gasteiger partial charge in [-0.05, 0) is 156 Å². The molecule has 8 aromatic carbocycles. The number of hydrogen-bond acceptors (Lipinski definition) is 7. The fourth-order valence-electron chi connectivity index (χ4n) is 6.62. The second kappa shape index (κ2) is 25.4. The molecule has 9 aromatic rings. The number of benzene rings is 8. The van der Waals surface area contributed by atoms with E-state index in [1.54, 1.807) is 30.3 Å². The highest BCUT2D eigenvalue weighted by atomic mass is 127. The van der Waals surface area contributed by atoms with Crippen molar-refractivity contribution in [2.75, 3.05) is 9.80 Å². The number of fused-ring (bicyclic) bond motifs is 1. The first-order chi connectivity index (χ1) is 33.3. The van der Waals surface area contributed by atoms with Crippen LogP contribution in [0.2, 0.25) is 0 Å². The van der Waals surface area contributed by atoms with Gasteiger partial charge in [-0.15, -0.1) is 6.42 Å². The molecule has 0 saturated carbocycles. The van der Waals surface area contributed by atoms with E-state index in [1.165, 1.54) is 13.0 Å². The number of anilines is 6. The molecule has 328 valence electrons. The lowest BCUT2D eigenvalue weighted by atomic mass is 10.1. The van der Waals surface area contributed by atoms with Gasteiger partial charge in [0, 0.05) is 74.8 Å². The fraction of sp³-hybridized carbons (Fsp3) is 0.0167. The number of aldehydes is 2. The molecule has 68 heavy (non-hydrogen) atoms. The van der Waals surface area contributed by atoms with Crippen LogP contribution in [-0.4, -0.2) is 17.7 Å². The minimum Gasteiger partial charge on any atom is -0.507 e. The van der Waals surface area contributed by atoms with Gasteiger partial charge in [0.05, 0.1) is 9.64 Å². The zero-order valence-electron chi connectivity index (χ0n) is 36.8. The molecule has 0 radical (unpaired) electrons. The summed E-state index contributed by atoms with van der Waals surface area (Å²) in [7, 11) is 0. The molecule has 7 nitrogen and oxygen atoms in total. The van der Waals surface area contributed by atoms with E-state index in [0.29, 0.717) is 28.8 Å². The minimum atomic E-state index is 0.158. The highest BCUT2D eigenvalue weighted by Crippen LogP contribution is 2.35. The first-order valence-electron chi connectivity index (χ1n) is 21.1. The van der Waals surface area contributed by atoms with Gasteiger partial charge < -0.3 is 19.3 Å². The van der Waals surface area contributed by atoms with Gasteiger partial charge in [-0.25, -0.2) is 0 Å². The van der Waals surface area contributed by atoms with Crippen LogP contribution in [0.1, 0.15) is 44.5 Å². The Morgan fingerprint density at radius 3 is 1.34 bits per heavy atom. The molecular formula is C60H42IN3O4. The van der Waals surface area contributed by atoms with Crippen LogP contribution < -0.4 is 9.80 Å². The molecule has 1 N–H and O–H groups in total. The van der Waals surface area contributed by atoms with Crippen LogP contribution in [0.4, 0.5) is 34.1 Å². The molecule has 0 fully saturated rings. The van der Waals surface area contributed by atoms with Crippen LogP contribution >= 0.6 is 22.6 Å². The van der Waals surface area contributed by atoms with Crippen LogP contribution in [-0.2, 0) is 0 Å². The van der Waals surface area contributed by atoms with Crippen molar-refractivity contribution < 1.29 is 19.1 Å². The maximum absolute atomic E-state index is 11.0. The number of carbonyl (C=O) groups is 2. The standard InChI is InChI=1S/C29H19NO2.C22H15N.C7H5IO2.C2H3N/c31-21-23-11-15-24-20-28(32-29(24)19-23)18-14-22-12-16-27(17-13-22)30(25-7-3-1-4-8-25)26-9-5-2-6-10-26;1-2-3-10-19-15-17-22(18-16-19)23(20-11-6-4-7-12-20)21-13-8-5-9-14-21;8-6-2-1-5(4-9)3-7(6)10;1-2-3/h1-13,15-17,19-21H;1,4-9,11-18H;1-4,10H;1H3. The first-order valence-corrected chi connectivity index (χ1v) is 22.1. The Balaban J connectivity index is 0.000000183. The molecule has 0 aliphatic rings. The molecule has 9 rings (SSSR count). The summed E-state index contributed by atoms with van der Waals surface area (Å²) >= 11 is 1.99. The van der Waals surface area contributed by atoms with E-state index in [0.717, 1.165) is 60.5 Å². The van der Waals surface area contributed by atoms with Gasteiger partial charge in [0.15, 0.2) is 5.76 Å². The van der Waals surface area contributed by atoms with E-state index < -0.39 is 0 Å². The Morgan fingerprint density at radius 1 is 0.529 bits per heavy atom. The molecular weight excluding hydrogens is 954 g/mol. The van der Waals surface area contributed by atoms with E-state index in [-0.39, 0.29) is 5.75 Å². The lowest BCUT2D eigenvalue weighted by Crippen LogP contribution is -2.09. The van der Waals surface area contributed by atoms with E-state index in [4.69, 9.17) is 21.2 Å². The van der Waals surface area contributed by atoms with Crippen molar-refractivity contribution in [2.24, 2.45) is 0 Å². The number of rotatable bonds is 8. The summed E-state index contributed by atoms with van der Waals surface area (Å²) < 4.78 is 6.52. The van der Waals surface area contributed by atoms with Crippen LogP contribution in [0, 0.1) is 50.9 Å². The monoisotopic (exact) mass is 995 g/mol. The molecule has 0 saturated heterocycles. The van der Waals surface area contributed by atoms with E-state index >= 15 is 0 Å². The number of furan rings is 1. The van der Waals surface area contributed by atoms with Crippen molar-refractivity contribution in [3.8, 4) is 47.8 Å². The summed E-state index contributed by atoms with van der Waals surface area (Å²) in [6, 6.07) is 71.2. The smallest absolute Gasteiger partial charge is 0.178 e. The average molecular weight is 996 g/mol. The Morgan fingerprint density at radius 2 is 0.926 bits per heavy atom. The van der Waals surface area contributed by atoms with Gasteiger partial charge in [0.1, 0.15) is 23.9 Å². The minimum absolute atomic E-state index is 0.158. The van der Waals surface area contributed by atoms with Gasteiger partial charge >= 0.3 is 0 Å². The summed E-state index contributed by atoms with van der Waals surface area (Å²) in [6.07, 6.45) is 6.69. The molecule has 8 heteroatoms. The Kier molecular flexibility index (Phi) is 18.1. The SMILES string of the molecule is C#CC#Cc1ccc(N(c2ccccc2)c2ccccc2)cc1.CC#N.O=Cc1ccc(I)c(O)c1.O=Cc1ccc2cc(C#Cc3ccc(N(c4ccccc4)c4ccccc4)cc3)oc2c1. The molecule has 0 aliphatic heterocycles. The van der Waals surface area contributed by atoms with E-state index in [9.17, 15) is 9.59 Å². The third-order valence-corrected chi connectivity index (χ3v) is 10.6. The lowest BCUT2D eigenvalue weighted by Gasteiger charge is -2.25. The van der Waals surface area contributed by atoms with Crippen molar-refractivity contribution in [1.82, 2.24) is 0 Å². The van der Waals surface area contributed by atoms with Crippen LogP contribution in [0.5, 0.6) is 5.75 Å². The van der Waals surface area contributed by atoms with Crippen molar-refractivity contribution in [3.63, 3.8) is 0 Å². The molecule has 0 amide bonds. The van der Waals surface area contributed by atoms with Crippen molar-refractivity contribution in [3.05, 3.63) is 244 Å². The largest absolute Gasteiger partial charge is 0.507 e. The predicted molar refractivity (Wildman–Crippen MR) is 283 cm³/mol. The first kappa shape index (κ1) is 48.4. The summed E-state index contributed by atoms with van der Waals surface area (Å²) in [4.78, 5) is 25.5. The highest BCUT2D eigenvalue weighted by Gasteiger charge is 2.13. The fourth-order valence-corrected chi connectivity index (χ4v) is 6.95. The Bertz CT molecular complexity index is 3190. The number of terminal acetylenes is 1. The summed E-state index contributed by atoms with van der Waals surface area (Å²) in [5.74, 6) is 14.9. The van der Waals surface area contributed by atoms with Gasteiger partial charge in [0.2, 0.25) is 0 Å². The maximum Gasteiger partial charge on any atom is 0.178 e. The topological polar surface area (TPSA) is 97.8 Å². The van der Waals surface area contributed by atoms with E-state index in [2.05, 4.69) is 112 Å². The number of phenolic OH excluding ortho intramolecular Hbond substituents is 1. The number of carbonyl (C=O) groups excluding carboxylic acids is 2. The highest BCUT2D eigenvalue weighted by molar-refractivity contribution is 14.1. The Labute approximate surface area is 410 Å². The molecule has 1 aromatic heterocycles. The number of hydrogen-bond donors (Lipinski definition) is 1. The van der Waals surface area contributed by atoms with Crippen molar-refractivity contribution in [2.45, 2.75) is 6.92 Å². The van der Waals surface area contributed by atoms with Gasteiger partial charge in [-0.1, -0.05) is 103 Å². The second-order valence-corrected chi connectivity index (χ2v) is 15.5. The zero-order valence-corrected chi connectivity index (χ0v) is 39.0. The Hall–Kier alpha value is -9.06. The van der Waals surface area contributed by atoms with Gasteiger partial charge in [-0.2, -0.15) is 5.26 Å².